The van der Waals surface area contributed by atoms with Gasteiger partial charge in [0.25, 0.3) is 15.9 Å². The number of carbonyl (C=O) groups is 1. The van der Waals surface area contributed by atoms with Gasteiger partial charge in [-0.05, 0) is 92.5 Å². The molecule has 3 aromatic rings. The second-order valence-corrected chi connectivity index (χ2v) is 13.9. The van der Waals surface area contributed by atoms with Crippen LogP contribution in [0, 0.1) is 0 Å². The third-order valence-electron chi connectivity index (χ3n) is 9.24. The highest BCUT2D eigenvalue weighted by atomic mass is 35.5. The first kappa shape index (κ1) is 30.0. The van der Waals surface area contributed by atoms with E-state index in [-0.39, 0.29) is 16.6 Å². The number of ether oxygens (including phenoxy) is 3. The minimum Gasteiger partial charge on any atom is -0.497 e. The van der Waals surface area contributed by atoms with Crippen molar-refractivity contribution < 1.29 is 27.4 Å². The van der Waals surface area contributed by atoms with Crippen LogP contribution in [0.4, 0.5) is 5.69 Å². The summed E-state index contributed by atoms with van der Waals surface area (Å²) in [7, 11) is -1.30. The van der Waals surface area contributed by atoms with E-state index in [9.17, 15) is 8.42 Å². The minimum atomic E-state index is -4.38. The fraction of sp³-hybridized carbons (Fsp3) is 0.394. The molecule has 45 heavy (non-hydrogen) atoms. The number of fused-ring (bicyclic) bond motifs is 1. The van der Waals surface area contributed by atoms with E-state index in [0.717, 1.165) is 35.8 Å². The van der Waals surface area contributed by atoms with Crippen molar-refractivity contribution in [3.63, 3.8) is 0 Å². The van der Waals surface area contributed by atoms with Gasteiger partial charge in [0.15, 0.2) is 5.54 Å². The molecule has 4 aliphatic heterocycles. The van der Waals surface area contributed by atoms with Gasteiger partial charge in [0.2, 0.25) is 5.90 Å². The van der Waals surface area contributed by atoms with Crippen molar-refractivity contribution in [1.82, 2.24) is 9.80 Å². The molecule has 0 N–H and O–H groups in total. The van der Waals surface area contributed by atoms with Crippen molar-refractivity contribution in [2.45, 2.75) is 42.3 Å². The fourth-order valence-corrected chi connectivity index (χ4v) is 8.67. The van der Waals surface area contributed by atoms with E-state index in [1.165, 1.54) is 19.2 Å². The number of anilines is 1. The molecule has 1 unspecified atom stereocenters. The molecule has 1 amide bonds. The summed E-state index contributed by atoms with van der Waals surface area (Å²) in [5.41, 5.74) is 0.681. The number of methoxy groups -OCH3 is 2. The van der Waals surface area contributed by atoms with E-state index in [4.69, 9.17) is 25.8 Å². The quantitative estimate of drug-likeness (QED) is 0.335. The zero-order valence-electron chi connectivity index (χ0n) is 25.2. The van der Waals surface area contributed by atoms with Crippen LogP contribution >= 0.6 is 11.6 Å². The van der Waals surface area contributed by atoms with Crippen LogP contribution in [0.2, 0.25) is 5.02 Å². The number of benzene rings is 3. The summed E-state index contributed by atoms with van der Waals surface area (Å²) in [6.45, 7) is 4.22. The van der Waals surface area contributed by atoms with Crippen LogP contribution in [0.5, 0.6) is 11.5 Å². The molecule has 236 valence electrons. The number of sulfonamides is 1. The van der Waals surface area contributed by atoms with E-state index in [0.29, 0.717) is 66.2 Å². The molecule has 7 rings (SSSR count). The molecule has 10 nitrogen and oxygen atoms in total. The second-order valence-electron chi connectivity index (χ2n) is 11.7. The summed E-state index contributed by atoms with van der Waals surface area (Å²) in [6, 6.07) is 16.5. The second kappa shape index (κ2) is 11.6. The first-order valence-electron chi connectivity index (χ1n) is 15.2. The van der Waals surface area contributed by atoms with Gasteiger partial charge < -0.3 is 14.2 Å². The Morgan fingerprint density at radius 3 is 2.44 bits per heavy atom. The van der Waals surface area contributed by atoms with Crippen LogP contribution in [0.3, 0.4) is 0 Å². The van der Waals surface area contributed by atoms with Crippen molar-refractivity contribution in [2.75, 3.05) is 51.3 Å². The molecular formula is C33H35ClN4O6S. The van der Waals surface area contributed by atoms with E-state index in [1.807, 2.05) is 18.2 Å². The van der Waals surface area contributed by atoms with Crippen molar-refractivity contribution in [2.24, 2.45) is 4.99 Å². The number of hydrogen-bond donors (Lipinski definition) is 0. The van der Waals surface area contributed by atoms with Gasteiger partial charge in [-0.3, -0.25) is 19.6 Å². The lowest BCUT2D eigenvalue weighted by atomic mass is 9.80. The van der Waals surface area contributed by atoms with Gasteiger partial charge >= 0.3 is 0 Å². The van der Waals surface area contributed by atoms with Crippen molar-refractivity contribution in [1.29, 1.82) is 0 Å². The molecule has 0 aliphatic carbocycles. The number of likely N-dealkylation sites (tertiary alicyclic amines) is 2. The van der Waals surface area contributed by atoms with Crippen molar-refractivity contribution in [3.8, 4) is 11.5 Å². The third-order valence-corrected chi connectivity index (χ3v) is 11.2. The van der Waals surface area contributed by atoms with Crippen molar-refractivity contribution in [3.05, 3.63) is 82.4 Å². The zero-order chi connectivity index (χ0) is 31.3. The molecule has 2 saturated heterocycles. The van der Waals surface area contributed by atoms with Crippen LogP contribution in [-0.2, 0) is 31.6 Å². The topological polar surface area (TPSA) is 101 Å². The monoisotopic (exact) mass is 650 g/mol. The average molecular weight is 651 g/mol. The smallest absolute Gasteiger partial charge is 0.271 e. The van der Waals surface area contributed by atoms with Gasteiger partial charge in [-0.1, -0.05) is 17.7 Å². The van der Waals surface area contributed by atoms with E-state index in [2.05, 4.69) is 14.8 Å². The number of aliphatic imine (C=N–C) groups is 1. The standard InChI is InChI=1S/C33H35ClN4O6S/c1-42-24-8-10-25(11-9-24)45(40,41)38-28-12-7-23(34)20-26(28)33(32(38)39,37-17-3-5-29(37)31-35-14-18-44-31)27-19-22(6-13-30(27)43-2)21-36-15-4-16-36/h6-13,19-20,29H,3-5,14-18,21H2,1-2H3/t29-,33?/m0/s1. The molecule has 2 atom stereocenters. The molecule has 12 heteroatoms. The molecule has 0 bridgehead atoms. The molecule has 0 radical (unpaired) electrons. The van der Waals surface area contributed by atoms with Crippen LogP contribution in [0.25, 0.3) is 0 Å². The highest BCUT2D eigenvalue weighted by Gasteiger charge is 2.63. The summed E-state index contributed by atoms with van der Waals surface area (Å²) in [5, 5.41) is 0.385. The van der Waals surface area contributed by atoms with Crippen molar-refractivity contribution >= 4 is 39.1 Å². The molecule has 4 heterocycles. The maximum absolute atomic E-state index is 15.4. The summed E-state index contributed by atoms with van der Waals surface area (Å²) in [6.07, 6.45) is 2.61. The number of carbonyl (C=O) groups excluding carboxylic acids is 1. The predicted octanol–water partition coefficient (Wildman–Crippen LogP) is 4.44. The lowest BCUT2D eigenvalue weighted by Gasteiger charge is -2.42. The Morgan fingerprint density at radius 2 is 1.78 bits per heavy atom. The first-order valence-corrected chi connectivity index (χ1v) is 17.0. The Labute approximate surface area is 268 Å². The normalized spacial score (nSPS) is 23.4. The number of rotatable bonds is 9. The number of nitrogens with zero attached hydrogens (tertiary/aromatic N) is 4. The molecular weight excluding hydrogens is 616 g/mol. The van der Waals surface area contributed by atoms with E-state index < -0.39 is 21.5 Å². The Bertz CT molecular complexity index is 1780. The predicted molar refractivity (Wildman–Crippen MR) is 171 cm³/mol. The molecule has 0 saturated carbocycles. The maximum atomic E-state index is 15.4. The third kappa shape index (κ3) is 4.79. The summed E-state index contributed by atoms with van der Waals surface area (Å²) >= 11 is 6.67. The zero-order valence-corrected chi connectivity index (χ0v) is 26.8. The number of halogens is 1. The molecule has 4 aliphatic rings. The lowest BCUT2D eigenvalue weighted by Crippen LogP contribution is -2.58. The lowest BCUT2D eigenvalue weighted by molar-refractivity contribution is -0.126. The SMILES string of the molecule is COc1ccc(S(=O)(=O)N2C(=O)C(c3cc(CN4CCC4)ccc3OC)(N3CCC[C@H]3C3=NCCO3)c3cc(Cl)ccc32)cc1. The van der Waals surface area contributed by atoms with E-state index in [1.54, 1.807) is 37.4 Å². The Hall–Kier alpha value is -3.64. The van der Waals surface area contributed by atoms with Gasteiger partial charge in [0.05, 0.1) is 37.4 Å². The minimum absolute atomic E-state index is 0.0340. The molecule has 3 aromatic carbocycles. The Morgan fingerprint density at radius 1 is 0.978 bits per heavy atom. The molecule has 0 spiro atoms. The maximum Gasteiger partial charge on any atom is 0.271 e. The largest absolute Gasteiger partial charge is 0.497 e. The van der Waals surface area contributed by atoms with Crippen LogP contribution in [0.15, 0.2) is 70.6 Å². The van der Waals surface area contributed by atoms with Crippen LogP contribution < -0.4 is 13.8 Å². The number of hydrogen-bond acceptors (Lipinski definition) is 9. The van der Waals surface area contributed by atoms with Gasteiger partial charge in [-0.25, -0.2) is 12.7 Å². The van der Waals surface area contributed by atoms with Gasteiger partial charge in [-0.2, -0.15) is 0 Å². The Kier molecular flexibility index (Phi) is 7.76. The summed E-state index contributed by atoms with van der Waals surface area (Å²) in [5.74, 6) is 0.922. The fourth-order valence-electron chi connectivity index (χ4n) is 7.04. The highest BCUT2D eigenvalue weighted by molar-refractivity contribution is 7.93. The summed E-state index contributed by atoms with van der Waals surface area (Å²) < 4.78 is 47.1. The van der Waals surface area contributed by atoms with Gasteiger partial charge in [0, 0.05) is 29.2 Å². The molecule has 2 fully saturated rings. The highest BCUT2D eigenvalue weighted by Crippen LogP contribution is 2.55. The van der Waals surface area contributed by atoms with Crippen LogP contribution in [-0.4, -0.2) is 83.1 Å². The van der Waals surface area contributed by atoms with Gasteiger partial charge in [0.1, 0.15) is 18.1 Å². The number of amides is 1. The Balaban J connectivity index is 1.49. The van der Waals surface area contributed by atoms with Crippen LogP contribution in [0.1, 0.15) is 36.0 Å². The first-order chi connectivity index (χ1) is 21.8. The molecule has 0 aromatic heterocycles. The average Bonchev–Trinajstić information content (AvgIpc) is 3.78. The summed E-state index contributed by atoms with van der Waals surface area (Å²) in [4.78, 5) is 24.5. The van der Waals surface area contributed by atoms with E-state index >= 15 is 4.79 Å². The van der Waals surface area contributed by atoms with Gasteiger partial charge in [-0.15, -0.1) is 0 Å².